The van der Waals surface area contributed by atoms with Gasteiger partial charge in [0.15, 0.2) is 0 Å². The van der Waals surface area contributed by atoms with Crippen LogP contribution in [0.3, 0.4) is 0 Å². The molecule has 0 aromatic heterocycles. The number of hydrogen-bond donors (Lipinski definition) is 1. The average molecular weight is 153 g/mol. The number of nitrogens with one attached hydrogen (secondary N) is 1. The van der Waals surface area contributed by atoms with E-state index < -0.39 is 0 Å². The summed E-state index contributed by atoms with van der Waals surface area (Å²) in [7, 11) is 0. The lowest BCUT2D eigenvalue weighted by atomic mass is 9.83. The topological polar surface area (TPSA) is 12.0 Å². The summed E-state index contributed by atoms with van der Waals surface area (Å²) in [4.78, 5) is 0. The van der Waals surface area contributed by atoms with Gasteiger partial charge in [-0.25, -0.2) is 0 Å². The summed E-state index contributed by atoms with van der Waals surface area (Å²) in [6.07, 6.45) is 8.90. The Morgan fingerprint density at radius 3 is 1.55 bits per heavy atom. The van der Waals surface area contributed by atoms with Crippen LogP contribution in [0.2, 0.25) is 0 Å². The van der Waals surface area contributed by atoms with Gasteiger partial charge in [-0.2, -0.15) is 0 Å². The van der Waals surface area contributed by atoms with Crippen LogP contribution in [0.25, 0.3) is 0 Å². The van der Waals surface area contributed by atoms with Crippen molar-refractivity contribution in [2.45, 2.75) is 38.5 Å². The fourth-order valence-corrected chi connectivity index (χ4v) is 1.89. The molecule has 2 saturated carbocycles. The zero-order chi connectivity index (χ0) is 7.52. The minimum Gasteiger partial charge on any atom is -0.316 e. The van der Waals surface area contributed by atoms with Crippen LogP contribution in [0.5, 0.6) is 0 Å². The lowest BCUT2D eigenvalue weighted by Gasteiger charge is -2.29. The van der Waals surface area contributed by atoms with Gasteiger partial charge in [0, 0.05) is 0 Å². The molecule has 1 nitrogen and oxygen atoms in total. The first-order valence-corrected chi connectivity index (χ1v) is 5.16. The second-order valence-corrected chi connectivity index (χ2v) is 4.25. The van der Waals surface area contributed by atoms with Gasteiger partial charge >= 0.3 is 0 Å². The third-order valence-electron chi connectivity index (χ3n) is 3.32. The van der Waals surface area contributed by atoms with Crippen molar-refractivity contribution in [1.82, 2.24) is 5.32 Å². The molecule has 0 unspecified atom stereocenters. The van der Waals surface area contributed by atoms with Crippen molar-refractivity contribution in [2.75, 3.05) is 13.1 Å². The first-order valence-electron chi connectivity index (χ1n) is 5.16. The first-order chi connectivity index (χ1) is 5.45. The second kappa shape index (κ2) is 3.57. The highest BCUT2D eigenvalue weighted by Crippen LogP contribution is 2.27. The van der Waals surface area contributed by atoms with Gasteiger partial charge in [-0.05, 0) is 50.6 Å². The lowest BCUT2D eigenvalue weighted by Crippen LogP contribution is -2.33. The van der Waals surface area contributed by atoms with Gasteiger partial charge in [0.05, 0.1) is 0 Å². The Labute approximate surface area is 69.6 Å². The Bertz CT molecular complexity index is 100. The van der Waals surface area contributed by atoms with Gasteiger partial charge in [0.2, 0.25) is 0 Å². The van der Waals surface area contributed by atoms with Crippen molar-refractivity contribution in [3.63, 3.8) is 0 Å². The molecular weight excluding hydrogens is 134 g/mol. The molecule has 1 heteroatoms. The highest BCUT2D eigenvalue weighted by Gasteiger charge is 2.19. The van der Waals surface area contributed by atoms with Crippen molar-refractivity contribution < 1.29 is 0 Å². The summed E-state index contributed by atoms with van der Waals surface area (Å²) in [5.74, 6) is 2.07. The van der Waals surface area contributed by atoms with Gasteiger partial charge in [-0.15, -0.1) is 0 Å². The number of hydrogen-bond acceptors (Lipinski definition) is 1. The molecule has 2 rings (SSSR count). The van der Waals surface area contributed by atoms with Crippen LogP contribution < -0.4 is 5.32 Å². The van der Waals surface area contributed by atoms with Crippen molar-refractivity contribution in [3.05, 3.63) is 0 Å². The molecule has 1 N–H and O–H groups in total. The van der Waals surface area contributed by atoms with E-state index in [2.05, 4.69) is 5.32 Å². The van der Waals surface area contributed by atoms with Crippen LogP contribution in [0.1, 0.15) is 38.5 Å². The van der Waals surface area contributed by atoms with Crippen LogP contribution in [0, 0.1) is 11.8 Å². The molecule has 0 heterocycles. The Balaban J connectivity index is 1.46. The SMILES string of the molecule is C1CC(CNCC2CCC2)C1. The predicted octanol–water partition coefficient (Wildman–Crippen LogP) is 2.18. The van der Waals surface area contributed by atoms with E-state index in [-0.39, 0.29) is 0 Å². The molecule has 64 valence electrons. The van der Waals surface area contributed by atoms with Crippen LogP contribution in [0.15, 0.2) is 0 Å². The molecule has 2 aliphatic rings. The smallest absolute Gasteiger partial charge is 0.00204 e. The third-order valence-corrected chi connectivity index (χ3v) is 3.32. The molecule has 0 aromatic carbocycles. The van der Waals surface area contributed by atoms with Gasteiger partial charge in [0.1, 0.15) is 0 Å². The van der Waals surface area contributed by atoms with Crippen molar-refractivity contribution in [1.29, 1.82) is 0 Å². The third kappa shape index (κ3) is 1.96. The quantitative estimate of drug-likeness (QED) is 0.652. The summed E-state index contributed by atoms with van der Waals surface area (Å²) in [6, 6.07) is 0. The zero-order valence-corrected chi connectivity index (χ0v) is 7.31. The fourth-order valence-electron chi connectivity index (χ4n) is 1.89. The number of rotatable bonds is 4. The summed E-state index contributed by atoms with van der Waals surface area (Å²) in [5.41, 5.74) is 0. The van der Waals surface area contributed by atoms with Crippen molar-refractivity contribution in [2.24, 2.45) is 11.8 Å². The maximum atomic E-state index is 3.59. The van der Waals surface area contributed by atoms with E-state index >= 15 is 0 Å². The molecule has 2 aliphatic carbocycles. The van der Waals surface area contributed by atoms with E-state index in [1.807, 2.05) is 0 Å². The monoisotopic (exact) mass is 153 g/mol. The average Bonchev–Trinajstić information content (AvgIpc) is 1.79. The summed E-state index contributed by atoms with van der Waals surface area (Å²) >= 11 is 0. The molecule has 0 radical (unpaired) electrons. The molecule has 0 bridgehead atoms. The predicted molar refractivity (Wildman–Crippen MR) is 47.6 cm³/mol. The molecule has 0 aromatic rings. The summed E-state index contributed by atoms with van der Waals surface area (Å²) < 4.78 is 0. The minimum atomic E-state index is 1.04. The largest absolute Gasteiger partial charge is 0.316 e. The highest BCUT2D eigenvalue weighted by molar-refractivity contribution is 4.75. The van der Waals surface area contributed by atoms with Crippen LogP contribution in [-0.4, -0.2) is 13.1 Å². The molecule has 2 fully saturated rings. The highest BCUT2D eigenvalue weighted by atomic mass is 14.9. The zero-order valence-electron chi connectivity index (χ0n) is 7.31. The van der Waals surface area contributed by atoms with E-state index in [0.29, 0.717) is 0 Å². The van der Waals surface area contributed by atoms with E-state index in [1.165, 1.54) is 51.6 Å². The maximum absolute atomic E-state index is 3.59. The van der Waals surface area contributed by atoms with Crippen LogP contribution in [0.4, 0.5) is 0 Å². The Kier molecular flexibility index (Phi) is 2.47. The Morgan fingerprint density at radius 1 is 0.818 bits per heavy atom. The van der Waals surface area contributed by atoms with E-state index in [4.69, 9.17) is 0 Å². The Hall–Kier alpha value is -0.0400. The Morgan fingerprint density at radius 2 is 1.27 bits per heavy atom. The van der Waals surface area contributed by atoms with E-state index in [9.17, 15) is 0 Å². The molecule has 0 saturated heterocycles. The normalized spacial score (nSPS) is 26.2. The van der Waals surface area contributed by atoms with Gasteiger partial charge in [0.25, 0.3) is 0 Å². The van der Waals surface area contributed by atoms with E-state index in [0.717, 1.165) is 11.8 Å². The minimum absolute atomic E-state index is 1.04. The van der Waals surface area contributed by atoms with Crippen LogP contribution >= 0.6 is 0 Å². The van der Waals surface area contributed by atoms with E-state index in [1.54, 1.807) is 0 Å². The molecular formula is C10H19N. The molecule has 0 spiro atoms. The van der Waals surface area contributed by atoms with Gasteiger partial charge < -0.3 is 5.32 Å². The standard InChI is InChI=1S/C10H19N/c1-3-9(4-1)7-11-8-10-5-2-6-10/h9-11H,1-8H2. The first kappa shape index (κ1) is 7.60. The second-order valence-electron chi connectivity index (χ2n) is 4.25. The molecule has 11 heavy (non-hydrogen) atoms. The maximum Gasteiger partial charge on any atom is -0.00204 e. The van der Waals surface area contributed by atoms with Crippen molar-refractivity contribution >= 4 is 0 Å². The van der Waals surface area contributed by atoms with Crippen molar-refractivity contribution in [3.8, 4) is 0 Å². The molecule has 0 atom stereocenters. The van der Waals surface area contributed by atoms with Crippen LogP contribution in [-0.2, 0) is 0 Å². The fraction of sp³-hybridized carbons (Fsp3) is 1.00. The lowest BCUT2D eigenvalue weighted by molar-refractivity contribution is 0.262. The van der Waals surface area contributed by atoms with Gasteiger partial charge in [-0.1, -0.05) is 12.8 Å². The summed E-state index contributed by atoms with van der Waals surface area (Å²) in [6.45, 7) is 2.60. The molecule has 0 aliphatic heterocycles. The molecule has 0 amide bonds. The summed E-state index contributed by atoms with van der Waals surface area (Å²) in [5, 5.41) is 3.59. The van der Waals surface area contributed by atoms with Gasteiger partial charge in [-0.3, -0.25) is 0 Å².